The molecule has 9 radical (unpaired) electrons. The van der Waals surface area contributed by atoms with Crippen LogP contribution in [0.15, 0.2) is 0 Å². The third-order valence-electron chi connectivity index (χ3n) is 0. The molecule has 0 aromatic rings. The molecule has 0 aliphatic heterocycles. The van der Waals surface area contributed by atoms with E-state index in [1.807, 2.05) is 0 Å². The van der Waals surface area contributed by atoms with Gasteiger partial charge in [-0.1, -0.05) is 0 Å². The van der Waals surface area contributed by atoms with Gasteiger partial charge in [0, 0.05) is 49.8 Å². The van der Waals surface area contributed by atoms with Gasteiger partial charge in [-0.25, -0.2) is 0 Å². The van der Waals surface area contributed by atoms with Crippen LogP contribution in [-0.2, 0) is 3.78 Å². The van der Waals surface area contributed by atoms with E-state index in [2.05, 4.69) is 0 Å². The van der Waals surface area contributed by atoms with E-state index in [9.17, 15) is 0 Å². The Morgan fingerprint density at radius 2 is 1.25 bits per heavy atom. The third-order valence-corrected chi connectivity index (χ3v) is 0. The molecule has 0 N–H and O–H groups in total. The molecule has 0 aromatic heterocycles. The molecule has 0 rings (SSSR count). The summed E-state index contributed by atoms with van der Waals surface area (Å²) in [6, 6.07) is 0. The molecule has 17 valence electrons. The fourth-order valence-electron chi connectivity index (χ4n) is 0. The zero-order valence-corrected chi connectivity index (χ0v) is 10.2. The largest absolute Gasteiger partial charge is 0 e. The van der Waals surface area contributed by atoms with Gasteiger partial charge in [-0.2, -0.15) is 0 Å². The number of hydrogen-bond acceptors (Lipinski definition) is 1. The molecule has 0 aromatic carbocycles. The normalized spacial score (nSPS) is 1.00. The van der Waals surface area contributed by atoms with Crippen molar-refractivity contribution in [2.75, 3.05) is 0 Å². The van der Waals surface area contributed by atoms with Crippen LogP contribution < -0.4 is 0 Å². The predicted octanol–water partition coefficient (Wildman–Crippen LogP) is -1.26. The van der Waals surface area contributed by atoms with Gasteiger partial charge < -0.3 is 0 Å². The summed E-state index contributed by atoms with van der Waals surface area (Å²) < 4.78 is 8.25. The summed E-state index contributed by atoms with van der Waals surface area (Å²) in [5, 5.41) is 0. The van der Waals surface area contributed by atoms with E-state index in [0.717, 1.165) is 16.5 Å². The molecule has 4 heavy (non-hydrogen) atoms. The fourth-order valence-corrected chi connectivity index (χ4v) is 0. The SMILES string of the molecule is [In].[O]=[Ge].[Sn]. The average molecular weight is 322 g/mol. The van der Waals surface area contributed by atoms with Crippen LogP contribution in [0.4, 0.5) is 0 Å². The number of hydrogen-bond donors (Lipinski definition) is 0. The van der Waals surface area contributed by atoms with E-state index < -0.39 is 0 Å². The summed E-state index contributed by atoms with van der Waals surface area (Å²) in [5.74, 6) is 0. The molecule has 0 saturated carbocycles. The molecule has 0 saturated heterocycles. The van der Waals surface area contributed by atoms with Crippen molar-refractivity contribution in [1.82, 2.24) is 0 Å². The first kappa shape index (κ1) is 16.6. The maximum absolute atomic E-state index is 8.25. The molecule has 0 heterocycles. The Morgan fingerprint density at radius 1 is 1.25 bits per heavy atom. The van der Waals surface area contributed by atoms with Crippen LogP contribution in [0.2, 0.25) is 0 Å². The molecule has 0 amide bonds. The van der Waals surface area contributed by atoms with Gasteiger partial charge in [0.2, 0.25) is 0 Å². The van der Waals surface area contributed by atoms with E-state index in [-0.39, 0.29) is 49.8 Å². The van der Waals surface area contributed by atoms with Gasteiger partial charge in [0.15, 0.2) is 0 Å². The Morgan fingerprint density at radius 3 is 1.25 bits per heavy atom. The van der Waals surface area contributed by atoms with Crippen molar-refractivity contribution in [2.45, 2.75) is 0 Å². The standard InChI is InChI=1S/GeO.In.Sn/c1-2;;. The Labute approximate surface area is 69.1 Å². The predicted molar refractivity (Wildman–Crippen MR) is 17.9 cm³/mol. The topological polar surface area (TPSA) is 17.1 Å². The molecule has 0 unspecified atom stereocenters. The summed E-state index contributed by atoms with van der Waals surface area (Å²) in [7, 11) is 0. The zero-order chi connectivity index (χ0) is 2.00. The monoisotopic (exact) mass is 325 g/mol. The van der Waals surface area contributed by atoms with Crippen molar-refractivity contribution in [3.63, 3.8) is 0 Å². The first-order valence-electron chi connectivity index (χ1n) is 0.204. The van der Waals surface area contributed by atoms with Gasteiger partial charge in [-0.15, -0.1) is 0 Å². The summed E-state index contributed by atoms with van der Waals surface area (Å²) in [6.45, 7) is 0. The molecule has 0 aliphatic carbocycles. The van der Waals surface area contributed by atoms with E-state index >= 15 is 0 Å². The van der Waals surface area contributed by atoms with E-state index in [4.69, 9.17) is 3.78 Å². The zero-order valence-electron chi connectivity index (χ0n) is 1.99. The van der Waals surface area contributed by atoms with Gasteiger partial charge in [-0.3, -0.25) is 0 Å². The van der Waals surface area contributed by atoms with Gasteiger partial charge in [0.1, 0.15) is 0 Å². The smallest absolute Gasteiger partial charge is 0 e. The summed E-state index contributed by atoms with van der Waals surface area (Å²) in [5.41, 5.74) is 0. The van der Waals surface area contributed by atoms with Crippen molar-refractivity contribution < 1.29 is 3.78 Å². The van der Waals surface area contributed by atoms with Crippen LogP contribution in [0.25, 0.3) is 0 Å². The maximum Gasteiger partial charge on any atom is 0 e. The molecule has 1 nitrogen and oxygen atoms in total. The Balaban J connectivity index is -0.00000000500. The Bertz CT molecular complexity index is 8.00. The van der Waals surface area contributed by atoms with Crippen molar-refractivity contribution in [3.8, 4) is 0 Å². The van der Waals surface area contributed by atoms with E-state index in [1.165, 1.54) is 0 Å². The number of rotatable bonds is 0. The van der Waals surface area contributed by atoms with E-state index in [0.29, 0.717) is 0 Å². The second-order valence-electron chi connectivity index (χ2n) is 0. The minimum Gasteiger partial charge on any atom is 0 e. The molecule has 0 spiro atoms. The molecule has 0 fully saturated rings. The third kappa shape index (κ3) is 8.99. The van der Waals surface area contributed by atoms with E-state index in [1.54, 1.807) is 0 Å². The summed E-state index contributed by atoms with van der Waals surface area (Å²) in [6.07, 6.45) is 0. The second kappa shape index (κ2) is 19.9. The van der Waals surface area contributed by atoms with Gasteiger partial charge >= 0.3 is 20.2 Å². The van der Waals surface area contributed by atoms with Crippen LogP contribution in [0.3, 0.4) is 0 Å². The Kier molecular flexibility index (Phi) is 82.9. The minimum atomic E-state index is 0. The van der Waals surface area contributed by atoms with Crippen LogP contribution in [-0.4, -0.2) is 66.2 Å². The molecular weight excluding hydrogens is 322 g/mol. The van der Waals surface area contributed by atoms with Gasteiger partial charge in [0.05, 0.1) is 0 Å². The van der Waals surface area contributed by atoms with Gasteiger partial charge in [-0.05, 0) is 0 Å². The minimum absolute atomic E-state index is 0. The molecule has 4 heteroatoms. The van der Waals surface area contributed by atoms with Crippen molar-refractivity contribution in [2.24, 2.45) is 0 Å². The molecule has 0 atom stereocenters. The Hall–Kier alpha value is 2.01. The summed E-state index contributed by atoms with van der Waals surface area (Å²) in [4.78, 5) is 0. The quantitative estimate of drug-likeness (QED) is 0.509. The van der Waals surface area contributed by atoms with Crippen LogP contribution >= 0.6 is 0 Å². The summed E-state index contributed by atoms with van der Waals surface area (Å²) >= 11 is 0.750. The first-order valence-corrected chi connectivity index (χ1v) is 1.06. The van der Waals surface area contributed by atoms with Crippen LogP contribution in [0, 0.1) is 0 Å². The van der Waals surface area contributed by atoms with Crippen molar-refractivity contribution in [3.05, 3.63) is 0 Å². The molecular formula is GeInOSn. The maximum atomic E-state index is 8.25. The van der Waals surface area contributed by atoms with Crippen LogP contribution in [0.5, 0.6) is 0 Å². The molecule has 0 aliphatic rings. The van der Waals surface area contributed by atoms with Gasteiger partial charge in [0.25, 0.3) is 0 Å². The average Bonchev–Trinajstić information content (AvgIpc) is 1.00. The van der Waals surface area contributed by atoms with Crippen molar-refractivity contribution >= 4 is 66.2 Å². The molecule has 0 bridgehead atoms. The first-order chi connectivity index (χ1) is 1.00. The van der Waals surface area contributed by atoms with Crippen molar-refractivity contribution in [1.29, 1.82) is 0 Å². The second-order valence-corrected chi connectivity index (χ2v) is 0. The van der Waals surface area contributed by atoms with Crippen LogP contribution in [0.1, 0.15) is 0 Å². The fraction of sp³-hybridized carbons (Fsp3) is 0.